The number of hydrogen-bond acceptors (Lipinski definition) is 3. The minimum Gasteiger partial charge on any atom is -0.870 e. The zero-order valence-electron chi connectivity index (χ0n) is 2.54. The van der Waals surface area contributed by atoms with E-state index in [2.05, 4.69) is 0 Å². The molecule has 0 aromatic rings. The largest absolute Gasteiger partial charge is 2.00 e. The average molecular weight is 181 g/mol. The fraction of sp³-hybridized carbons (Fsp3) is 0. The van der Waals surface area contributed by atoms with Crippen LogP contribution in [0.2, 0.25) is 0 Å². The monoisotopic (exact) mass is 181 g/mol. The molecule has 39 valence electrons. The number of hydrogen-bond donors (Lipinski definition) is 1. The van der Waals surface area contributed by atoms with Gasteiger partial charge in [0.1, 0.15) is 0 Å². The molecule has 5 heteroatoms. The molecule has 0 saturated carbocycles. The van der Waals surface area contributed by atoms with Gasteiger partial charge in [0.05, 0.1) is 0 Å². The summed E-state index contributed by atoms with van der Waals surface area (Å²) in [5.74, 6) is 0. The van der Waals surface area contributed by atoms with Crippen molar-refractivity contribution in [2.24, 2.45) is 0 Å². The van der Waals surface area contributed by atoms with Gasteiger partial charge in [0.15, 0.2) is 0 Å². The summed E-state index contributed by atoms with van der Waals surface area (Å²) in [6, 6.07) is 0. The van der Waals surface area contributed by atoms with Crippen molar-refractivity contribution in [3.63, 3.8) is 0 Å². The Labute approximate surface area is 46.9 Å². The quantitative estimate of drug-likeness (QED) is 0.470. The van der Waals surface area contributed by atoms with Crippen molar-refractivity contribution in [1.82, 2.24) is 0 Å². The zero-order chi connectivity index (χ0) is 3.58. The summed E-state index contributed by atoms with van der Waals surface area (Å²) >= 11 is 0. The van der Waals surface area contributed by atoms with Gasteiger partial charge in [-0.2, -0.15) is 0 Å². The Bertz CT molecular complexity index is 30.5. The van der Waals surface area contributed by atoms with Gasteiger partial charge < -0.3 is 20.5 Å². The maximum absolute atomic E-state index is 8.44. The first-order chi connectivity index (χ1) is 1.73. The number of carboxylic acid groups (broad SMARTS) is 2. The van der Waals surface area contributed by atoms with E-state index in [-0.39, 0.29) is 25.0 Å². The summed E-state index contributed by atoms with van der Waals surface area (Å²) in [6.07, 6.45) is -2.08. The summed E-state index contributed by atoms with van der Waals surface area (Å²) in [6.45, 7) is 0. The molecule has 0 saturated heterocycles. The van der Waals surface area contributed by atoms with Crippen LogP contribution in [0.3, 0.4) is 0 Å². The van der Waals surface area contributed by atoms with Crippen molar-refractivity contribution in [3.05, 3.63) is 0 Å². The third-order valence-corrected chi connectivity index (χ3v) is 0. The molecule has 0 fully saturated rings. The van der Waals surface area contributed by atoms with Gasteiger partial charge in [-0.15, -0.1) is 0 Å². The number of carbonyl (C=O) groups is 1. The summed E-state index contributed by atoms with van der Waals surface area (Å²) in [7, 11) is 0. The molecule has 0 aliphatic heterocycles. The molecule has 0 amide bonds. The topological polar surface area (TPSA) is 90.4 Å². The Morgan fingerprint density at radius 2 is 1.67 bits per heavy atom. The second kappa shape index (κ2) is 8.85. The van der Waals surface area contributed by atoms with Crippen LogP contribution in [0, 0.1) is 0 Å². The van der Waals surface area contributed by atoms with Crippen LogP contribution in [0.4, 0.5) is 4.79 Å². The van der Waals surface area contributed by atoms with E-state index in [9.17, 15) is 0 Å². The molecule has 0 bridgehead atoms. The average Bonchev–Trinajstić information content (AvgIpc) is 0.811. The molecule has 0 heterocycles. The molecule has 0 aliphatic carbocycles. The van der Waals surface area contributed by atoms with E-state index in [1.807, 2.05) is 0 Å². The van der Waals surface area contributed by atoms with Crippen LogP contribution in [0.25, 0.3) is 0 Å². The fourth-order valence-corrected chi connectivity index (χ4v) is 0. The van der Waals surface area contributed by atoms with E-state index < -0.39 is 6.16 Å². The van der Waals surface area contributed by atoms with Crippen molar-refractivity contribution in [1.29, 1.82) is 0 Å². The molecule has 0 atom stereocenters. The Balaban J connectivity index is -0.0000000450. The standard InChI is InChI=1S/CH2O3.H2O.Rh/c2-1(3)4;;/h(H2,2,3,4);1H2;/q;;+2/p-2. The van der Waals surface area contributed by atoms with Gasteiger partial charge in [-0.3, -0.25) is 0 Å². The maximum Gasteiger partial charge on any atom is 2.00 e. The minimum atomic E-state index is -2.08. The van der Waals surface area contributed by atoms with Crippen LogP contribution < -0.4 is 5.11 Å². The van der Waals surface area contributed by atoms with Crippen LogP contribution in [-0.2, 0) is 19.5 Å². The van der Waals surface area contributed by atoms with Crippen LogP contribution in [0.1, 0.15) is 0 Å². The summed E-state index contributed by atoms with van der Waals surface area (Å²) in [4.78, 5) is 8.44. The minimum absolute atomic E-state index is 0. The third-order valence-electron chi connectivity index (χ3n) is 0. The summed E-state index contributed by atoms with van der Waals surface area (Å²) in [5, 5.41) is 15.3. The van der Waals surface area contributed by atoms with Gasteiger partial charge in [-0.25, -0.2) is 0 Å². The van der Waals surface area contributed by atoms with E-state index in [1.165, 1.54) is 0 Å². The van der Waals surface area contributed by atoms with Crippen LogP contribution in [0.5, 0.6) is 0 Å². The van der Waals surface area contributed by atoms with Gasteiger partial charge >= 0.3 is 19.5 Å². The Kier molecular flexibility index (Phi) is 25.0. The number of rotatable bonds is 0. The molecule has 1 radical (unpaired) electrons. The van der Waals surface area contributed by atoms with Crippen molar-refractivity contribution >= 4 is 6.16 Å². The first kappa shape index (κ1) is 16.9. The van der Waals surface area contributed by atoms with E-state index in [0.717, 1.165) is 0 Å². The third kappa shape index (κ3) is 1460. The fourth-order valence-electron chi connectivity index (χ4n) is 0. The molecule has 6 heavy (non-hydrogen) atoms. The first-order valence-electron chi connectivity index (χ1n) is 0.632. The molecule has 2 N–H and O–H groups in total. The summed E-state index contributed by atoms with van der Waals surface area (Å²) < 4.78 is 0. The Morgan fingerprint density at radius 3 is 1.67 bits per heavy atom. The van der Waals surface area contributed by atoms with Gasteiger partial charge in [0.2, 0.25) is 6.16 Å². The molecule has 0 spiro atoms. The molecule has 0 unspecified atom stereocenters. The molecular weight excluding hydrogens is 179 g/mol. The molecule has 0 aromatic heterocycles. The molecule has 0 rings (SSSR count). The summed E-state index contributed by atoms with van der Waals surface area (Å²) in [5.41, 5.74) is 0. The Morgan fingerprint density at radius 1 is 1.67 bits per heavy atom. The van der Waals surface area contributed by atoms with E-state index in [0.29, 0.717) is 0 Å². The predicted octanol–water partition coefficient (Wildman–Crippen LogP) is -1.29. The van der Waals surface area contributed by atoms with E-state index in [1.54, 1.807) is 0 Å². The second-order valence-electron chi connectivity index (χ2n) is 0.266. The van der Waals surface area contributed by atoms with Gasteiger partial charge in [-0.05, 0) is 0 Å². The predicted molar refractivity (Wildman–Crippen MR) is 9.96 cm³/mol. The Hall–Kier alpha value is -0.147. The van der Waals surface area contributed by atoms with Gasteiger partial charge in [0, 0.05) is 0 Å². The van der Waals surface area contributed by atoms with Crippen LogP contribution >= 0.6 is 0 Å². The maximum atomic E-state index is 8.44. The van der Waals surface area contributed by atoms with Crippen LogP contribution in [-0.4, -0.2) is 16.7 Å². The van der Waals surface area contributed by atoms with E-state index >= 15 is 0 Å². The molecule has 0 aromatic carbocycles. The van der Waals surface area contributed by atoms with Crippen molar-refractivity contribution in [2.75, 3.05) is 0 Å². The normalized spacial score (nSPS) is 4.00. The van der Waals surface area contributed by atoms with Crippen molar-refractivity contribution < 1.29 is 40.0 Å². The van der Waals surface area contributed by atoms with Crippen molar-refractivity contribution in [3.8, 4) is 0 Å². The van der Waals surface area contributed by atoms with Crippen LogP contribution in [0.15, 0.2) is 0 Å². The van der Waals surface area contributed by atoms with E-state index in [4.69, 9.17) is 15.0 Å². The molecule has 0 aliphatic rings. The molecule has 4 nitrogen and oxygen atoms in total. The molecular formula is CH2O4Rh. The smallest absolute Gasteiger partial charge is 0.870 e. The van der Waals surface area contributed by atoms with Gasteiger partial charge in [0.25, 0.3) is 0 Å². The zero-order valence-corrected chi connectivity index (χ0v) is 4.18. The second-order valence-corrected chi connectivity index (χ2v) is 0.266. The first-order valence-corrected chi connectivity index (χ1v) is 0.632. The van der Waals surface area contributed by atoms with Crippen molar-refractivity contribution in [2.45, 2.75) is 0 Å². The SMILES string of the molecule is O=C([O-])O.[OH-].[Rh+2]. The van der Waals surface area contributed by atoms with Gasteiger partial charge in [-0.1, -0.05) is 0 Å².